The van der Waals surface area contributed by atoms with Crippen molar-refractivity contribution in [1.82, 2.24) is 20.1 Å². The lowest BCUT2D eigenvalue weighted by molar-refractivity contribution is -0.122. The predicted molar refractivity (Wildman–Crippen MR) is 72.6 cm³/mol. The molecule has 7 heteroatoms. The lowest BCUT2D eigenvalue weighted by Gasteiger charge is -2.23. The first-order chi connectivity index (χ1) is 9.22. The first-order valence-corrected chi connectivity index (χ1v) is 7.11. The molecular weight excluding hydrogens is 262 g/mol. The third-order valence-corrected chi connectivity index (χ3v) is 4.24. The van der Waals surface area contributed by atoms with Gasteiger partial charge in [-0.1, -0.05) is 0 Å². The average molecular weight is 277 g/mol. The van der Waals surface area contributed by atoms with E-state index in [0.29, 0.717) is 0 Å². The van der Waals surface area contributed by atoms with E-state index in [-0.39, 0.29) is 24.4 Å². The van der Waals surface area contributed by atoms with Crippen LogP contribution in [0.2, 0.25) is 0 Å². The zero-order valence-corrected chi connectivity index (χ0v) is 11.2. The molecule has 0 radical (unpaired) electrons. The van der Waals surface area contributed by atoms with Gasteiger partial charge in [0.25, 0.3) is 0 Å². The van der Waals surface area contributed by atoms with E-state index in [0.717, 1.165) is 19.3 Å². The fourth-order valence-electron chi connectivity index (χ4n) is 2.41. The minimum absolute atomic E-state index is 0.0612. The van der Waals surface area contributed by atoms with Gasteiger partial charge >= 0.3 is 0 Å². The molecule has 19 heavy (non-hydrogen) atoms. The molecule has 0 saturated carbocycles. The van der Waals surface area contributed by atoms with Crippen molar-refractivity contribution in [3.63, 3.8) is 0 Å². The van der Waals surface area contributed by atoms with E-state index in [1.54, 1.807) is 11.3 Å². The van der Waals surface area contributed by atoms with Crippen LogP contribution in [0.5, 0.6) is 0 Å². The molecular formula is C12H15N5OS. The van der Waals surface area contributed by atoms with Crippen LogP contribution in [-0.2, 0) is 17.8 Å². The summed E-state index contributed by atoms with van der Waals surface area (Å²) in [6, 6.07) is 2.24. The van der Waals surface area contributed by atoms with Crippen molar-refractivity contribution in [3.05, 3.63) is 28.2 Å². The number of nitrogens with one attached hydrogen (secondary N) is 1. The number of nitrogens with zero attached hydrogens (tertiary/aromatic N) is 3. The van der Waals surface area contributed by atoms with Crippen molar-refractivity contribution >= 4 is 23.2 Å². The smallest absolute Gasteiger partial charge is 0.242 e. The molecule has 0 saturated heterocycles. The van der Waals surface area contributed by atoms with Crippen LogP contribution in [0.25, 0.3) is 0 Å². The molecule has 6 nitrogen and oxygen atoms in total. The summed E-state index contributed by atoms with van der Waals surface area (Å²) in [7, 11) is 0. The first kappa shape index (κ1) is 12.2. The highest BCUT2D eigenvalue weighted by Crippen LogP contribution is 2.33. The monoisotopic (exact) mass is 277 g/mol. The standard InChI is InChI=1S/C12H15N5OS/c13-12-14-7-17(16-12)6-11(18)15-9-2-1-3-10-8(9)4-5-19-10/h4-5,7,9H,1-3,6H2,(H2,13,16)(H,15,18). The number of carbonyl (C=O) groups is 1. The molecule has 3 rings (SSSR count). The second-order valence-corrected chi connectivity index (χ2v) is 5.61. The summed E-state index contributed by atoms with van der Waals surface area (Å²) in [4.78, 5) is 17.2. The van der Waals surface area contributed by atoms with Crippen LogP contribution in [0.1, 0.15) is 29.3 Å². The molecule has 3 N–H and O–H groups in total. The van der Waals surface area contributed by atoms with Crippen molar-refractivity contribution < 1.29 is 4.79 Å². The number of hydrogen-bond donors (Lipinski definition) is 2. The van der Waals surface area contributed by atoms with E-state index in [9.17, 15) is 4.79 Å². The Bertz CT molecular complexity index is 590. The number of fused-ring (bicyclic) bond motifs is 1. The SMILES string of the molecule is Nc1ncn(CC(=O)NC2CCCc3sccc32)n1. The Labute approximate surface area is 114 Å². The summed E-state index contributed by atoms with van der Waals surface area (Å²) in [5, 5.41) is 9.05. The maximum Gasteiger partial charge on any atom is 0.242 e. The molecule has 0 aliphatic heterocycles. The molecule has 0 spiro atoms. The van der Waals surface area contributed by atoms with Gasteiger partial charge in [-0.05, 0) is 36.3 Å². The fourth-order valence-corrected chi connectivity index (χ4v) is 3.40. The maximum atomic E-state index is 12.0. The van der Waals surface area contributed by atoms with E-state index >= 15 is 0 Å². The molecule has 1 amide bonds. The third-order valence-electron chi connectivity index (χ3n) is 3.25. The minimum atomic E-state index is -0.0612. The average Bonchev–Trinajstić information content (AvgIpc) is 2.98. The number of anilines is 1. The van der Waals surface area contributed by atoms with Crippen LogP contribution in [-0.4, -0.2) is 20.7 Å². The maximum absolute atomic E-state index is 12.0. The Balaban J connectivity index is 1.65. The minimum Gasteiger partial charge on any atom is -0.367 e. The van der Waals surface area contributed by atoms with Crippen molar-refractivity contribution in [2.45, 2.75) is 31.8 Å². The zero-order valence-electron chi connectivity index (χ0n) is 10.4. The summed E-state index contributed by atoms with van der Waals surface area (Å²) in [6.07, 6.45) is 4.70. The van der Waals surface area contributed by atoms with Crippen LogP contribution >= 0.6 is 11.3 Å². The van der Waals surface area contributed by atoms with Crippen LogP contribution < -0.4 is 11.1 Å². The van der Waals surface area contributed by atoms with Crippen molar-refractivity contribution in [3.8, 4) is 0 Å². The summed E-state index contributed by atoms with van der Waals surface area (Å²) in [6.45, 7) is 0.153. The van der Waals surface area contributed by atoms with Crippen molar-refractivity contribution in [2.75, 3.05) is 5.73 Å². The molecule has 100 valence electrons. The number of aryl methyl sites for hydroxylation is 1. The van der Waals surface area contributed by atoms with E-state index in [1.807, 2.05) is 0 Å². The summed E-state index contributed by atoms with van der Waals surface area (Å²) < 4.78 is 1.45. The largest absolute Gasteiger partial charge is 0.367 e. The van der Waals surface area contributed by atoms with Gasteiger partial charge in [0, 0.05) is 4.88 Å². The number of nitrogen functional groups attached to an aromatic ring is 1. The highest BCUT2D eigenvalue weighted by Gasteiger charge is 2.22. The number of amides is 1. The molecule has 0 aromatic carbocycles. The van der Waals surface area contributed by atoms with Crippen LogP contribution in [0.4, 0.5) is 5.95 Å². The molecule has 0 bridgehead atoms. The Kier molecular flexibility index (Phi) is 3.20. The van der Waals surface area contributed by atoms with Crippen molar-refractivity contribution in [1.29, 1.82) is 0 Å². The number of aromatic nitrogens is 3. The quantitative estimate of drug-likeness (QED) is 0.880. The molecule has 2 aromatic rings. The van der Waals surface area contributed by atoms with Crippen LogP contribution in [0.3, 0.4) is 0 Å². The first-order valence-electron chi connectivity index (χ1n) is 6.23. The highest BCUT2D eigenvalue weighted by atomic mass is 32.1. The highest BCUT2D eigenvalue weighted by molar-refractivity contribution is 7.10. The van der Waals surface area contributed by atoms with Gasteiger partial charge in [-0.3, -0.25) is 4.79 Å². The van der Waals surface area contributed by atoms with Gasteiger partial charge in [-0.2, -0.15) is 0 Å². The summed E-state index contributed by atoms with van der Waals surface area (Å²) in [5.74, 6) is 0.125. The predicted octanol–water partition coefficient (Wildman–Crippen LogP) is 1.12. The van der Waals surface area contributed by atoms with Crippen LogP contribution in [0.15, 0.2) is 17.8 Å². The number of hydrogen-bond acceptors (Lipinski definition) is 5. The van der Waals surface area contributed by atoms with E-state index in [1.165, 1.54) is 21.4 Å². The fraction of sp³-hybridized carbons (Fsp3) is 0.417. The van der Waals surface area contributed by atoms with E-state index in [2.05, 4.69) is 26.8 Å². The molecule has 1 aliphatic rings. The normalized spacial score (nSPS) is 18.0. The molecule has 0 fully saturated rings. The number of thiophene rings is 1. The second kappa shape index (κ2) is 5.00. The van der Waals surface area contributed by atoms with Gasteiger partial charge in [0.15, 0.2) is 0 Å². The number of rotatable bonds is 3. The molecule has 1 atom stereocenters. The molecule has 2 aromatic heterocycles. The lowest BCUT2D eigenvalue weighted by atomic mass is 9.94. The Morgan fingerprint density at radius 2 is 2.53 bits per heavy atom. The third kappa shape index (κ3) is 2.60. The summed E-state index contributed by atoms with van der Waals surface area (Å²) in [5.41, 5.74) is 6.68. The Morgan fingerprint density at radius 3 is 3.32 bits per heavy atom. The number of nitrogens with two attached hydrogens (primary N) is 1. The van der Waals surface area contributed by atoms with Gasteiger partial charge in [0.1, 0.15) is 12.9 Å². The molecule has 1 unspecified atom stereocenters. The lowest BCUT2D eigenvalue weighted by Crippen LogP contribution is -2.33. The van der Waals surface area contributed by atoms with Gasteiger partial charge in [-0.25, -0.2) is 9.67 Å². The van der Waals surface area contributed by atoms with Crippen molar-refractivity contribution in [2.24, 2.45) is 0 Å². The Hall–Kier alpha value is -1.89. The summed E-state index contributed by atoms with van der Waals surface area (Å²) >= 11 is 1.77. The molecule has 1 aliphatic carbocycles. The van der Waals surface area contributed by atoms with Gasteiger partial charge < -0.3 is 11.1 Å². The van der Waals surface area contributed by atoms with Gasteiger partial charge in [0.2, 0.25) is 11.9 Å². The zero-order chi connectivity index (χ0) is 13.2. The Morgan fingerprint density at radius 1 is 1.63 bits per heavy atom. The molecule has 2 heterocycles. The topological polar surface area (TPSA) is 85.8 Å². The van der Waals surface area contributed by atoms with E-state index < -0.39 is 0 Å². The van der Waals surface area contributed by atoms with E-state index in [4.69, 9.17) is 5.73 Å². The van der Waals surface area contributed by atoms with Gasteiger partial charge in [-0.15, -0.1) is 16.4 Å². The number of carbonyl (C=O) groups excluding carboxylic acids is 1. The second-order valence-electron chi connectivity index (χ2n) is 4.61. The van der Waals surface area contributed by atoms with Crippen LogP contribution in [0, 0.1) is 0 Å². The van der Waals surface area contributed by atoms with Gasteiger partial charge in [0.05, 0.1) is 6.04 Å².